The second kappa shape index (κ2) is 6.54. The maximum Gasteiger partial charge on any atom is 0.290 e. The van der Waals surface area contributed by atoms with Crippen molar-refractivity contribution in [3.05, 3.63) is 65.1 Å². The van der Waals surface area contributed by atoms with Crippen molar-refractivity contribution < 1.29 is 9.53 Å². The second-order valence-electron chi connectivity index (χ2n) is 5.40. The van der Waals surface area contributed by atoms with Crippen LogP contribution in [-0.4, -0.2) is 28.6 Å². The number of benzene rings is 1. The van der Waals surface area contributed by atoms with E-state index >= 15 is 0 Å². The number of hydrogen-bond donors (Lipinski definition) is 1. The van der Waals surface area contributed by atoms with Crippen LogP contribution in [0.3, 0.4) is 0 Å². The van der Waals surface area contributed by atoms with E-state index in [9.17, 15) is 4.79 Å². The van der Waals surface area contributed by atoms with Gasteiger partial charge in [-0.2, -0.15) is 5.10 Å². The molecule has 0 unspecified atom stereocenters. The van der Waals surface area contributed by atoms with E-state index in [-0.39, 0.29) is 5.91 Å². The lowest BCUT2D eigenvalue weighted by Crippen LogP contribution is -2.20. The molecule has 122 valence electrons. The standard InChI is InChI=1S/C18H18N4O2/c1-12-5-4-10-22-16(13(2)20-17(12)22)18(23)21-19-11-14-6-8-15(24-3)9-7-14/h4-11H,1-3H3,(H,21,23). The molecule has 0 saturated carbocycles. The average molecular weight is 322 g/mol. The molecule has 1 aromatic carbocycles. The molecule has 0 saturated heterocycles. The van der Waals surface area contributed by atoms with Crippen LogP contribution in [0.15, 0.2) is 47.7 Å². The molecule has 6 heteroatoms. The van der Waals surface area contributed by atoms with Gasteiger partial charge in [0.2, 0.25) is 0 Å². The number of hydrogen-bond acceptors (Lipinski definition) is 4. The molecule has 0 aliphatic heterocycles. The second-order valence-corrected chi connectivity index (χ2v) is 5.40. The average Bonchev–Trinajstić information content (AvgIpc) is 2.93. The number of carbonyl (C=O) groups is 1. The third kappa shape index (κ3) is 2.99. The number of rotatable bonds is 4. The molecule has 0 spiro atoms. The van der Waals surface area contributed by atoms with Gasteiger partial charge in [0.1, 0.15) is 17.1 Å². The van der Waals surface area contributed by atoms with Gasteiger partial charge in [-0.15, -0.1) is 0 Å². The number of fused-ring (bicyclic) bond motifs is 1. The monoisotopic (exact) mass is 322 g/mol. The molecule has 24 heavy (non-hydrogen) atoms. The van der Waals surface area contributed by atoms with Crippen LogP contribution < -0.4 is 10.2 Å². The molecule has 2 aromatic heterocycles. The van der Waals surface area contributed by atoms with Crippen molar-refractivity contribution in [3.63, 3.8) is 0 Å². The van der Waals surface area contributed by atoms with Crippen LogP contribution in [0.1, 0.15) is 27.3 Å². The molecular formula is C18H18N4O2. The van der Waals surface area contributed by atoms with Crippen LogP contribution in [0, 0.1) is 13.8 Å². The van der Waals surface area contributed by atoms with Gasteiger partial charge in [-0.1, -0.05) is 6.07 Å². The molecule has 0 atom stereocenters. The van der Waals surface area contributed by atoms with Crippen LogP contribution in [0.2, 0.25) is 0 Å². The number of ether oxygens (including phenoxy) is 1. The van der Waals surface area contributed by atoms with Crippen molar-refractivity contribution >= 4 is 17.8 Å². The van der Waals surface area contributed by atoms with Gasteiger partial charge in [0.15, 0.2) is 0 Å². The van der Waals surface area contributed by atoms with Gasteiger partial charge < -0.3 is 4.74 Å². The summed E-state index contributed by atoms with van der Waals surface area (Å²) in [6.45, 7) is 3.78. The lowest BCUT2D eigenvalue weighted by molar-refractivity contribution is 0.0948. The molecule has 0 aliphatic rings. The van der Waals surface area contributed by atoms with Crippen LogP contribution >= 0.6 is 0 Å². The Bertz CT molecular complexity index is 911. The smallest absolute Gasteiger partial charge is 0.290 e. The number of methoxy groups -OCH3 is 1. The van der Waals surface area contributed by atoms with Crippen molar-refractivity contribution in [2.75, 3.05) is 7.11 Å². The van der Waals surface area contributed by atoms with Crippen LogP contribution in [-0.2, 0) is 0 Å². The largest absolute Gasteiger partial charge is 0.497 e. The summed E-state index contributed by atoms with van der Waals surface area (Å²) in [5, 5.41) is 4.02. The molecule has 6 nitrogen and oxygen atoms in total. The number of pyridine rings is 1. The zero-order valence-corrected chi connectivity index (χ0v) is 13.8. The Labute approximate surface area is 139 Å². The fraction of sp³-hybridized carbons (Fsp3) is 0.167. The molecule has 0 radical (unpaired) electrons. The van der Waals surface area contributed by atoms with Crippen LogP contribution in [0.4, 0.5) is 0 Å². The van der Waals surface area contributed by atoms with Crippen molar-refractivity contribution in [2.24, 2.45) is 5.10 Å². The lowest BCUT2D eigenvalue weighted by atomic mass is 10.2. The minimum Gasteiger partial charge on any atom is -0.497 e. The maximum atomic E-state index is 12.4. The zero-order chi connectivity index (χ0) is 17.1. The van der Waals surface area contributed by atoms with Crippen LogP contribution in [0.5, 0.6) is 5.75 Å². The van der Waals surface area contributed by atoms with E-state index in [1.165, 1.54) is 0 Å². The summed E-state index contributed by atoms with van der Waals surface area (Å²) in [6, 6.07) is 11.2. The van der Waals surface area contributed by atoms with E-state index in [4.69, 9.17) is 4.74 Å². The molecule has 3 rings (SSSR count). The van der Waals surface area contributed by atoms with E-state index < -0.39 is 0 Å². The molecule has 1 N–H and O–H groups in total. The summed E-state index contributed by atoms with van der Waals surface area (Å²) in [6.07, 6.45) is 3.41. The van der Waals surface area contributed by atoms with Gasteiger partial charge in [-0.25, -0.2) is 10.4 Å². The van der Waals surface area contributed by atoms with Crippen molar-refractivity contribution in [1.82, 2.24) is 14.8 Å². The van der Waals surface area contributed by atoms with E-state index in [0.717, 1.165) is 22.5 Å². The number of nitrogens with one attached hydrogen (secondary N) is 1. The number of hydrazone groups is 1. The molecule has 1 amide bonds. The van der Waals surface area contributed by atoms with Crippen molar-refractivity contribution in [3.8, 4) is 5.75 Å². The first-order valence-corrected chi connectivity index (χ1v) is 7.52. The molecule has 0 aliphatic carbocycles. The number of aryl methyl sites for hydroxylation is 2. The molecule has 0 fully saturated rings. The normalized spacial score (nSPS) is 11.1. The highest BCUT2D eigenvalue weighted by atomic mass is 16.5. The van der Waals surface area contributed by atoms with Crippen molar-refractivity contribution in [2.45, 2.75) is 13.8 Å². The molecule has 3 aromatic rings. The van der Waals surface area contributed by atoms with Crippen LogP contribution in [0.25, 0.3) is 5.65 Å². The highest BCUT2D eigenvalue weighted by Crippen LogP contribution is 2.15. The first-order chi connectivity index (χ1) is 11.6. The highest BCUT2D eigenvalue weighted by Gasteiger charge is 2.16. The zero-order valence-electron chi connectivity index (χ0n) is 13.8. The Hall–Kier alpha value is -3.15. The Kier molecular flexibility index (Phi) is 4.29. The number of amides is 1. The molecule has 0 bridgehead atoms. The van der Waals surface area contributed by atoms with Gasteiger partial charge in [-0.3, -0.25) is 9.20 Å². The van der Waals surface area contributed by atoms with E-state index in [1.807, 2.05) is 56.4 Å². The fourth-order valence-electron chi connectivity index (χ4n) is 2.50. The Balaban J connectivity index is 1.79. The van der Waals surface area contributed by atoms with E-state index in [1.54, 1.807) is 17.7 Å². The van der Waals surface area contributed by atoms with Gasteiger partial charge >= 0.3 is 0 Å². The quantitative estimate of drug-likeness (QED) is 0.593. The van der Waals surface area contributed by atoms with E-state index in [0.29, 0.717) is 11.4 Å². The first kappa shape index (κ1) is 15.7. The fourth-order valence-corrected chi connectivity index (χ4v) is 2.50. The summed E-state index contributed by atoms with van der Waals surface area (Å²) in [4.78, 5) is 16.9. The number of carbonyl (C=O) groups excluding carboxylic acids is 1. The van der Waals surface area contributed by atoms with Gasteiger partial charge in [0.25, 0.3) is 5.91 Å². The molecular weight excluding hydrogens is 304 g/mol. The summed E-state index contributed by atoms with van der Waals surface area (Å²) in [5.74, 6) is 0.475. The predicted molar refractivity (Wildman–Crippen MR) is 92.7 cm³/mol. The summed E-state index contributed by atoms with van der Waals surface area (Å²) in [7, 11) is 1.61. The van der Waals surface area contributed by atoms with E-state index in [2.05, 4.69) is 15.5 Å². The lowest BCUT2D eigenvalue weighted by Gasteiger charge is -2.03. The Morgan fingerprint density at radius 1 is 1.25 bits per heavy atom. The maximum absolute atomic E-state index is 12.4. The molecule has 2 heterocycles. The number of aromatic nitrogens is 2. The van der Waals surface area contributed by atoms with Crippen molar-refractivity contribution in [1.29, 1.82) is 0 Å². The number of nitrogens with zero attached hydrogens (tertiary/aromatic N) is 3. The predicted octanol–water partition coefficient (Wildman–Crippen LogP) is 2.72. The topological polar surface area (TPSA) is 68.0 Å². The highest BCUT2D eigenvalue weighted by molar-refractivity contribution is 5.95. The Morgan fingerprint density at radius 3 is 2.71 bits per heavy atom. The minimum atomic E-state index is -0.296. The number of imidazole rings is 1. The minimum absolute atomic E-state index is 0.296. The summed E-state index contributed by atoms with van der Waals surface area (Å²) in [5.41, 5.74) is 6.36. The van der Waals surface area contributed by atoms with Gasteiger partial charge in [-0.05, 0) is 55.3 Å². The Morgan fingerprint density at radius 2 is 2.00 bits per heavy atom. The van der Waals surface area contributed by atoms with Gasteiger partial charge in [0, 0.05) is 6.20 Å². The van der Waals surface area contributed by atoms with Gasteiger partial charge in [0.05, 0.1) is 19.0 Å². The third-order valence-corrected chi connectivity index (χ3v) is 3.73. The third-order valence-electron chi connectivity index (χ3n) is 3.73. The first-order valence-electron chi connectivity index (χ1n) is 7.52. The summed E-state index contributed by atoms with van der Waals surface area (Å²) >= 11 is 0. The summed E-state index contributed by atoms with van der Waals surface area (Å²) < 4.78 is 6.88. The SMILES string of the molecule is COc1ccc(C=NNC(=O)c2c(C)nc3c(C)cccn23)cc1.